The molecular weight excluding hydrogens is 248 g/mol. The number of rotatable bonds is 7. The van der Waals surface area contributed by atoms with E-state index in [0.29, 0.717) is 25.3 Å². The molecule has 1 rings (SSSR count). The monoisotopic (exact) mass is 266 g/mol. The van der Waals surface area contributed by atoms with Gasteiger partial charge < -0.3 is 20.5 Å². The van der Waals surface area contributed by atoms with Crippen LogP contribution in [-0.4, -0.2) is 37.4 Å². The van der Waals surface area contributed by atoms with Gasteiger partial charge in [-0.3, -0.25) is 4.79 Å². The Morgan fingerprint density at radius 1 is 1.37 bits per heavy atom. The zero-order valence-corrected chi connectivity index (χ0v) is 10.8. The fourth-order valence-corrected chi connectivity index (χ4v) is 1.50. The highest BCUT2D eigenvalue weighted by atomic mass is 16.5. The van der Waals surface area contributed by atoms with Gasteiger partial charge in [-0.25, -0.2) is 4.79 Å². The van der Waals surface area contributed by atoms with Gasteiger partial charge in [0.25, 0.3) is 0 Å². The standard InChI is InChI=1S/C13H18N2O4/c1-19-8-7-14-13(18)15-11-4-2-3-10(9-11)5-6-12(16)17/h2-4,9H,5-8H2,1H3,(H,16,17)(H2,14,15,18). The molecule has 0 aliphatic heterocycles. The van der Waals surface area contributed by atoms with Crippen LogP contribution < -0.4 is 10.6 Å². The van der Waals surface area contributed by atoms with Gasteiger partial charge >= 0.3 is 12.0 Å². The second-order valence-electron chi connectivity index (χ2n) is 3.97. The van der Waals surface area contributed by atoms with Crippen molar-refractivity contribution in [1.82, 2.24) is 5.32 Å². The average molecular weight is 266 g/mol. The second-order valence-corrected chi connectivity index (χ2v) is 3.97. The highest BCUT2D eigenvalue weighted by Gasteiger charge is 2.03. The van der Waals surface area contributed by atoms with Crippen molar-refractivity contribution < 1.29 is 19.4 Å². The highest BCUT2D eigenvalue weighted by molar-refractivity contribution is 5.89. The van der Waals surface area contributed by atoms with Gasteiger partial charge in [0, 0.05) is 25.8 Å². The summed E-state index contributed by atoms with van der Waals surface area (Å²) in [5.41, 5.74) is 1.51. The normalized spacial score (nSPS) is 9.95. The van der Waals surface area contributed by atoms with Crippen molar-refractivity contribution in [3.8, 4) is 0 Å². The van der Waals surface area contributed by atoms with Gasteiger partial charge in [0.2, 0.25) is 0 Å². The predicted octanol–water partition coefficient (Wildman–Crippen LogP) is 1.47. The topological polar surface area (TPSA) is 87.7 Å². The van der Waals surface area contributed by atoms with Crippen molar-refractivity contribution in [2.24, 2.45) is 0 Å². The third kappa shape index (κ3) is 6.42. The lowest BCUT2D eigenvalue weighted by atomic mass is 10.1. The summed E-state index contributed by atoms with van der Waals surface area (Å²) >= 11 is 0. The number of carbonyl (C=O) groups is 2. The van der Waals surface area contributed by atoms with Gasteiger partial charge in [0.05, 0.1) is 6.61 Å². The number of anilines is 1. The first-order chi connectivity index (χ1) is 9.11. The van der Waals surface area contributed by atoms with E-state index in [4.69, 9.17) is 9.84 Å². The summed E-state index contributed by atoms with van der Waals surface area (Å²) in [6, 6.07) is 6.81. The van der Waals surface area contributed by atoms with Crippen molar-refractivity contribution in [2.45, 2.75) is 12.8 Å². The summed E-state index contributed by atoms with van der Waals surface area (Å²) in [7, 11) is 1.56. The molecule has 0 fully saturated rings. The number of nitrogens with one attached hydrogen (secondary N) is 2. The van der Waals surface area contributed by atoms with Crippen LogP contribution in [0.4, 0.5) is 10.5 Å². The second kappa shape index (κ2) is 8.10. The zero-order valence-electron chi connectivity index (χ0n) is 10.8. The molecule has 0 saturated heterocycles. The van der Waals surface area contributed by atoms with Crippen molar-refractivity contribution in [3.63, 3.8) is 0 Å². The lowest BCUT2D eigenvalue weighted by Gasteiger charge is -2.08. The Bertz CT molecular complexity index is 434. The summed E-state index contributed by atoms with van der Waals surface area (Å²) in [6.07, 6.45) is 0.514. The van der Waals surface area contributed by atoms with E-state index in [-0.39, 0.29) is 12.5 Å². The third-order valence-corrected chi connectivity index (χ3v) is 2.40. The molecule has 6 heteroatoms. The van der Waals surface area contributed by atoms with Crippen molar-refractivity contribution in [2.75, 3.05) is 25.6 Å². The van der Waals surface area contributed by atoms with Crippen LogP contribution in [0.15, 0.2) is 24.3 Å². The third-order valence-electron chi connectivity index (χ3n) is 2.40. The van der Waals surface area contributed by atoms with Crippen molar-refractivity contribution in [3.05, 3.63) is 29.8 Å². The Kier molecular flexibility index (Phi) is 6.38. The fourth-order valence-electron chi connectivity index (χ4n) is 1.50. The fraction of sp³-hybridized carbons (Fsp3) is 0.385. The first kappa shape index (κ1) is 15.0. The van der Waals surface area contributed by atoms with E-state index in [1.165, 1.54) is 0 Å². The molecule has 1 aromatic carbocycles. The number of amides is 2. The Hall–Kier alpha value is -2.08. The maximum atomic E-state index is 11.5. The molecule has 3 N–H and O–H groups in total. The summed E-state index contributed by atoms with van der Waals surface area (Å²) in [6.45, 7) is 0.882. The van der Waals surface area contributed by atoms with Crippen LogP contribution in [0, 0.1) is 0 Å². The van der Waals surface area contributed by atoms with Gasteiger partial charge in [-0.15, -0.1) is 0 Å². The Balaban J connectivity index is 2.47. The van der Waals surface area contributed by atoms with Crippen molar-refractivity contribution >= 4 is 17.7 Å². The molecule has 0 bridgehead atoms. The molecule has 0 radical (unpaired) electrons. The quantitative estimate of drug-likeness (QED) is 0.652. The molecule has 2 amide bonds. The summed E-state index contributed by atoms with van der Waals surface area (Å²) < 4.78 is 4.82. The molecule has 0 aliphatic rings. The number of carboxylic acid groups (broad SMARTS) is 1. The van der Waals surface area contributed by atoms with Crippen LogP contribution in [0.2, 0.25) is 0 Å². The SMILES string of the molecule is COCCNC(=O)Nc1cccc(CCC(=O)O)c1. The molecule has 0 aromatic heterocycles. The maximum absolute atomic E-state index is 11.5. The lowest BCUT2D eigenvalue weighted by Crippen LogP contribution is -2.31. The van der Waals surface area contributed by atoms with Crippen LogP contribution in [0.25, 0.3) is 0 Å². The van der Waals surface area contributed by atoms with Gasteiger partial charge in [-0.2, -0.15) is 0 Å². The average Bonchev–Trinajstić information content (AvgIpc) is 2.37. The minimum absolute atomic E-state index is 0.0729. The minimum atomic E-state index is -0.837. The van der Waals surface area contributed by atoms with E-state index >= 15 is 0 Å². The number of hydrogen-bond donors (Lipinski definition) is 3. The molecule has 0 unspecified atom stereocenters. The van der Waals surface area contributed by atoms with Crippen LogP contribution in [0.1, 0.15) is 12.0 Å². The maximum Gasteiger partial charge on any atom is 0.319 e. The number of urea groups is 1. The molecular formula is C13H18N2O4. The summed E-state index contributed by atoms with van der Waals surface area (Å²) in [5, 5.41) is 13.9. The lowest BCUT2D eigenvalue weighted by molar-refractivity contribution is -0.136. The number of hydrogen-bond acceptors (Lipinski definition) is 3. The molecule has 0 saturated carbocycles. The number of carbonyl (C=O) groups excluding carboxylic acids is 1. The predicted molar refractivity (Wildman–Crippen MR) is 71.3 cm³/mol. The first-order valence-electron chi connectivity index (χ1n) is 5.96. The van der Waals surface area contributed by atoms with E-state index in [0.717, 1.165) is 5.56 Å². The van der Waals surface area contributed by atoms with E-state index in [9.17, 15) is 9.59 Å². The molecule has 0 spiro atoms. The number of ether oxygens (including phenoxy) is 1. The summed E-state index contributed by atoms with van der Waals surface area (Å²) in [5.74, 6) is -0.837. The summed E-state index contributed by atoms with van der Waals surface area (Å²) in [4.78, 5) is 22.0. The number of aliphatic carboxylic acids is 1. The number of carboxylic acids is 1. The Morgan fingerprint density at radius 3 is 2.84 bits per heavy atom. The number of aryl methyl sites for hydroxylation is 1. The molecule has 6 nitrogen and oxygen atoms in total. The van der Waals surface area contributed by atoms with Gasteiger partial charge in [-0.1, -0.05) is 12.1 Å². The largest absolute Gasteiger partial charge is 0.481 e. The van der Waals surface area contributed by atoms with Crippen LogP contribution in [-0.2, 0) is 16.0 Å². The molecule has 104 valence electrons. The van der Waals surface area contributed by atoms with Crippen LogP contribution in [0.5, 0.6) is 0 Å². The van der Waals surface area contributed by atoms with Crippen molar-refractivity contribution in [1.29, 1.82) is 0 Å². The smallest absolute Gasteiger partial charge is 0.319 e. The highest BCUT2D eigenvalue weighted by Crippen LogP contribution is 2.12. The van der Waals surface area contributed by atoms with E-state index < -0.39 is 5.97 Å². The molecule has 0 atom stereocenters. The molecule has 19 heavy (non-hydrogen) atoms. The van der Waals surface area contributed by atoms with Crippen LogP contribution >= 0.6 is 0 Å². The number of methoxy groups -OCH3 is 1. The molecule has 0 aliphatic carbocycles. The molecule has 1 aromatic rings. The van der Waals surface area contributed by atoms with E-state index in [1.807, 2.05) is 6.07 Å². The Labute approximate surface area is 111 Å². The minimum Gasteiger partial charge on any atom is -0.481 e. The zero-order chi connectivity index (χ0) is 14.1. The van der Waals surface area contributed by atoms with Gasteiger partial charge in [-0.05, 0) is 24.1 Å². The van der Waals surface area contributed by atoms with Gasteiger partial charge in [0.1, 0.15) is 0 Å². The van der Waals surface area contributed by atoms with E-state index in [1.54, 1.807) is 25.3 Å². The number of benzene rings is 1. The van der Waals surface area contributed by atoms with Crippen LogP contribution in [0.3, 0.4) is 0 Å². The van der Waals surface area contributed by atoms with E-state index in [2.05, 4.69) is 10.6 Å². The van der Waals surface area contributed by atoms with Gasteiger partial charge in [0.15, 0.2) is 0 Å². The first-order valence-corrected chi connectivity index (χ1v) is 5.96. The Morgan fingerprint density at radius 2 is 2.16 bits per heavy atom. The molecule has 0 heterocycles.